The summed E-state index contributed by atoms with van der Waals surface area (Å²) in [5, 5.41) is 6.03. The molecular formula is C17H21BrN4O. The van der Waals surface area contributed by atoms with Crippen LogP contribution >= 0.6 is 15.9 Å². The highest BCUT2D eigenvalue weighted by Crippen LogP contribution is 2.20. The Hall–Kier alpha value is -1.95. The van der Waals surface area contributed by atoms with Crippen LogP contribution in [0.4, 0.5) is 11.6 Å². The number of anilines is 2. The van der Waals surface area contributed by atoms with E-state index in [4.69, 9.17) is 0 Å². The summed E-state index contributed by atoms with van der Waals surface area (Å²) in [5.74, 6) is 0.246. The molecule has 1 aromatic carbocycles. The van der Waals surface area contributed by atoms with Crippen molar-refractivity contribution in [1.29, 1.82) is 0 Å². The number of hydrogen-bond donors (Lipinski definition) is 2. The molecule has 0 radical (unpaired) electrons. The van der Waals surface area contributed by atoms with Crippen molar-refractivity contribution in [3.63, 3.8) is 0 Å². The van der Waals surface area contributed by atoms with Gasteiger partial charge in [0.15, 0.2) is 0 Å². The highest BCUT2D eigenvalue weighted by atomic mass is 79.9. The van der Waals surface area contributed by atoms with Crippen LogP contribution in [0.5, 0.6) is 0 Å². The average molecular weight is 377 g/mol. The summed E-state index contributed by atoms with van der Waals surface area (Å²) in [6, 6.07) is 7.32. The lowest BCUT2D eigenvalue weighted by molar-refractivity contribution is 0.102. The zero-order valence-electron chi connectivity index (χ0n) is 13.4. The summed E-state index contributed by atoms with van der Waals surface area (Å²) in [6.45, 7) is 4.91. The van der Waals surface area contributed by atoms with Gasteiger partial charge in [0.05, 0.1) is 0 Å². The van der Waals surface area contributed by atoms with Gasteiger partial charge < -0.3 is 10.6 Å². The molecule has 1 aromatic heterocycles. The number of halogens is 1. The van der Waals surface area contributed by atoms with Gasteiger partial charge in [0.25, 0.3) is 5.91 Å². The molecule has 0 fully saturated rings. The lowest BCUT2D eigenvalue weighted by Crippen LogP contribution is -2.16. The maximum atomic E-state index is 12.3. The zero-order chi connectivity index (χ0) is 16.7. The molecule has 0 atom stereocenters. The average Bonchev–Trinajstić information content (AvgIpc) is 2.54. The van der Waals surface area contributed by atoms with Gasteiger partial charge >= 0.3 is 0 Å². The highest BCUT2D eigenvalue weighted by Gasteiger charge is 2.10. The Morgan fingerprint density at radius 1 is 1.26 bits per heavy atom. The van der Waals surface area contributed by atoms with Crippen LogP contribution in [0.25, 0.3) is 0 Å². The van der Waals surface area contributed by atoms with Crippen molar-refractivity contribution in [2.45, 2.75) is 33.1 Å². The fraction of sp³-hybridized carbons (Fsp3) is 0.353. The molecule has 2 N–H and O–H groups in total. The summed E-state index contributed by atoms with van der Waals surface area (Å²) < 4.78 is 0.980. The monoisotopic (exact) mass is 376 g/mol. The maximum absolute atomic E-state index is 12.3. The van der Waals surface area contributed by atoms with Crippen molar-refractivity contribution < 1.29 is 4.79 Å². The van der Waals surface area contributed by atoms with Crippen LogP contribution in [-0.2, 0) is 0 Å². The molecule has 6 heteroatoms. The van der Waals surface area contributed by atoms with Crippen LogP contribution in [0.2, 0.25) is 0 Å². The number of aryl methyl sites for hydroxylation is 1. The van der Waals surface area contributed by atoms with E-state index in [1.165, 1.54) is 0 Å². The molecule has 0 aliphatic heterocycles. The van der Waals surface area contributed by atoms with Gasteiger partial charge in [0.2, 0.25) is 5.95 Å². The first-order valence-corrected chi connectivity index (χ1v) is 8.54. The molecule has 0 unspecified atom stereocenters. The minimum Gasteiger partial charge on any atom is -0.354 e. The Morgan fingerprint density at radius 3 is 2.83 bits per heavy atom. The van der Waals surface area contributed by atoms with Crippen LogP contribution in [0.3, 0.4) is 0 Å². The van der Waals surface area contributed by atoms with Gasteiger partial charge in [-0.25, -0.2) is 9.97 Å². The van der Waals surface area contributed by atoms with Crippen LogP contribution < -0.4 is 10.6 Å². The second-order valence-electron chi connectivity index (χ2n) is 5.31. The standard InChI is InChI=1S/C17H21BrN4O/c1-3-4-5-9-19-17-20-10-8-15(22-17)16(23)21-14-7-6-13(18)11-12(14)2/h6-8,10-11H,3-5,9H2,1-2H3,(H,21,23)(H,19,20,22). The molecular weight excluding hydrogens is 356 g/mol. The molecule has 2 aromatic rings. The topological polar surface area (TPSA) is 66.9 Å². The first kappa shape index (κ1) is 17.4. The third kappa shape index (κ3) is 5.32. The van der Waals surface area contributed by atoms with Crippen LogP contribution in [0.1, 0.15) is 42.2 Å². The number of unbranched alkanes of at least 4 members (excludes halogenated alkanes) is 2. The summed E-state index contributed by atoms with van der Waals surface area (Å²) in [4.78, 5) is 20.8. The third-order valence-corrected chi connectivity index (χ3v) is 3.88. The highest BCUT2D eigenvalue weighted by molar-refractivity contribution is 9.10. The second kappa shape index (κ2) is 8.62. The number of benzene rings is 1. The molecule has 0 spiro atoms. The molecule has 0 aliphatic carbocycles. The summed E-state index contributed by atoms with van der Waals surface area (Å²) in [6.07, 6.45) is 4.99. The van der Waals surface area contributed by atoms with Crippen molar-refractivity contribution >= 4 is 33.5 Å². The number of rotatable bonds is 7. The van der Waals surface area contributed by atoms with Crippen molar-refractivity contribution in [1.82, 2.24) is 9.97 Å². The Morgan fingerprint density at radius 2 is 2.09 bits per heavy atom. The van der Waals surface area contributed by atoms with E-state index in [1.807, 2.05) is 25.1 Å². The van der Waals surface area contributed by atoms with E-state index < -0.39 is 0 Å². The first-order valence-electron chi connectivity index (χ1n) is 7.74. The zero-order valence-corrected chi connectivity index (χ0v) is 15.0. The largest absolute Gasteiger partial charge is 0.354 e. The van der Waals surface area contributed by atoms with E-state index in [0.717, 1.165) is 41.5 Å². The van der Waals surface area contributed by atoms with Crippen LogP contribution in [-0.4, -0.2) is 22.4 Å². The molecule has 23 heavy (non-hydrogen) atoms. The van der Waals surface area contributed by atoms with Gasteiger partial charge in [-0.2, -0.15) is 0 Å². The quantitative estimate of drug-likeness (QED) is 0.702. The minimum atomic E-state index is -0.241. The van der Waals surface area contributed by atoms with Gasteiger partial charge in [0, 0.05) is 22.9 Å². The number of amides is 1. The number of nitrogens with zero attached hydrogens (tertiary/aromatic N) is 2. The fourth-order valence-corrected chi connectivity index (χ4v) is 2.57. The van der Waals surface area contributed by atoms with Crippen LogP contribution in [0, 0.1) is 6.92 Å². The number of nitrogens with one attached hydrogen (secondary N) is 2. The Bertz CT molecular complexity index is 675. The smallest absolute Gasteiger partial charge is 0.274 e. The summed E-state index contributed by atoms with van der Waals surface area (Å²) >= 11 is 3.41. The Labute approximate surface area is 145 Å². The third-order valence-electron chi connectivity index (χ3n) is 3.39. The SMILES string of the molecule is CCCCCNc1nccc(C(=O)Nc2ccc(Br)cc2C)n1. The van der Waals surface area contributed by atoms with Crippen LogP contribution in [0.15, 0.2) is 34.9 Å². The van der Waals surface area contributed by atoms with Crippen molar-refractivity contribution in [3.05, 3.63) is 46.2 Å². The van der Waals surface area contributed by atoms with E-state index >= 15 is 0 Å². The lowest BCUT2D eigenvalue weighted by atomic mass is 10.2. The normalized spacial score (nSPS) is 10.4. The molecule has 2 rings (SSSR count). The predicted octanol–water partition coefficient (Wildman–Crippen LogP) is 4.40. The van der Waals surface area contributed by atoms with E-state index in [-0.39, 0.29) is 5.91 Å². The number of carbonyl (C=O) groups excluding carboxylic acids is 1. The lowest BCUT2D eigenvalue weighted by Gasteiger charge is -2.09. The van der Waals surface area contributed by atoms with Gasteiger partial charge in [-0.1, -0.05) is 35.7 Å². The molecule has 1 amide bonds. The van der Waals surface area contributed by atoms with Crippen molar-refractivity contribution in [2.24, 2.45) is 0 Å². The number of hydrogen-bond acceptors (Lipinski definition) is 4. The van der Waals surface area contributed by atoms with E-state index in [1.54, 1.807) is 12.3 Å². The number of carbonyl (C=O) groups is 1. The molecule has 0 saturated heterocycles. The molecule has 0 bridgehead atoms. The van der Waals surface area contributed by atoms with Gasteiger partial charge in [0.1, 0.15) is 5.69 Å². The fourth-order valence-electron chi connectivity index (χ4n) is 2.10. The summed E-state index contributed by atoms with van der Waals surface area (Å²) in [7, 11) is 0. The molecule has 0 saturated carbocycles. The molecule has 122 valence electrons. The van der Waals surface area contributed by atoms with E-state index in [9.17, 15) is 4.79 Å². The van der Waals surface area contributed by atoms with E-state index in [0.29, 0.717) is 11.6 Å². The minimum absolute atomic E-state index is 0.241. The molecule has 1 heterocycles. The van der Waals surface area contributed by atoms with Gasteiger partial charge in [-0.3, -0.25) is 4.79 Å². The van der Waals surface area contributed by atoms with Crippen molar-refractivity contribution in [2.75, 3.05) is 17.2 Å². The summed E-state index contributed by atoms with van der Waals surface area (Å²) in [5.41, 5.74) is 2.11. The van der Waals surface area contributed by atoms with Crippen molar-refractivity contribution in [3.8, 4) is 0 Å². The Balaban J connectivity index is 2.01. The first-order chi connectivity index (χ1) is 11.1. The second-order valence-corrected chi connectivity index (χ2v) is 6.23. The van der Waals surface area contributed by atoms with Gasteiger partial charge in [-0.05, 0) is 43.2 Å². The Kier molecular flexibility index (Phi) is 6.52. The maximum Gasteiger partial charge on any atom is 0.274 e. The molecule has 0 aliphatic rings. The predicted molar refractivity (Wildman–Crippen MR) is 96.9 cm³/mol. The molecule has 5 nitrogen and oxygen atoms in total. The van der Waals surface area contributed by atoms with E-state index in [2.05, 4.69) is 43.5 Å². The van der Waals surface area contributed by atoms with Gasteiger partial charge in [-0.15, -0.1) is 0 Å². The number of aromatic nitrogens is 2.